The second-order valence-corrected chi connectivity index (χ2v) is 4.64. The van der Waals surface area contributed by atoms with E-state index in [-0.39, 0.29) is 11.8 Å². The second-order valence-electron chi connectivity index (χ2n) is 4.64. The van der Waals surface area contributed by atoms with Crippen LogP contribution in [0, 0.1) is 5.92 Å². The molecule has 1 aromatic rings. The maximum atomic E-state index is 12.3. The topological polar surface area (TPSA) is 40.6 Å². The van der Waals surface area contributed by atoms with Gasteiger partial charge in [0.05, 0.1) is 17.3 Å². The molecular weight excluding hydrogens is 228 g/mol. The van der Waals surface area contributed by atoms with Crippen LogP contribution in [0.15, 0.2) is 24.3 Å². The largest absolute Gasteiger partial charge is 0.312 e. The van der Waals surface area contributed by atoms with Crippen molar-refractivity contribution in [2.24, 2.45) is 5.92 Å². The molecule has 4 heteroatoms. The summed E-state index contributed by atoms with van der Waals surface area (Å²) >= 11 is 0. The van der Waals surface area contributed by atoms with Crippen LogP contribution in [-0.4, -0.2) is 25.4 Å². The smallest absolute Gasteiger partial charge is 0.231 e. The molecule has 1 unspecified atom stereocenters. The lowest BCUT2D eigenvalue weighted by Crippen LogP contribution is -2.36. The van der Waals surface area contributed by atoms with Crippen molar-refractivity contribution >= 4 is 23.7 Å². The fraction of sp³-hybridized carbons (Fsp3) is 0.429. The van der Waals surface area contributed by atoms with Crippen LogP contribution in [0.25, 0.3) is 0 Å². The summed E-state index contributed by atoms with van der Waals surface area (Å²) in [6.45, 7) is 5.04. The molecule has 0 saturated carbocycles. The van der Waals surface area contributed by atoms with Gasteiger partial charge in [0.25, 0.3) is 0 Å². The molecule has 1 atom stereocenters. The zero-order chi connectivity index (χ0) is 13.1. The molecule has 96 valence electrons. The maximum absolute atomic E-state index is 12.3. The average molecular weight is 246 g/mol. The lowest BCUT2D eigenvalue weighted by atomic mass is 10.1. The summed E-state index contributed by atoms with van der Waals surface area (Å²) in [4.78, 5) is 26.9. The molecule has 0 fully saturated rings. The Morgan fingerprint density at radius 3 is 2.61 bits per heavy atom. The quantitative estimate of drug-likeness (QED) is 0.766. The highest BCUT2D eigenvalue weighted by Gasteiger charge is 2.30. The molecule has 18 heavy (non-hydrogen) atoms. The number of hydrogen-bond acceptors (Lipinski definition) is 2. The van der Waals surface area contributed by atoms with Gasteiger partial charge in [-0.15, -0.1) is 0 Å². The highest BCUT2D eigenvalue weighted by Crippen LogP contribution is 2.33. The summed E-state index contributed by atoms with van der Waals surface area (Å²) in [5.41, 5.74) is 1.65. The minimum Gasteiger partial charge on any atom is -0.312 e. The van der Waals surface area contributed by atoms with Crippen molar-refractivity contribution in [3.8, 4) is 0 Å². The zero-order valence-electron chi connectivity index (χ0n) is 10.8. The van der Waals surface area contributed by atoms with Gasteiger partial charge in [-0.2, -0.15) is 0 Å². The van der Waals surface area contributed by atoms with E-state index < -0.39 is 0 Å². The molecule has 0 radical (unpaired) electrons. The van der Waals surface area contributed by atoms with E-state index >= 15 is 0 Å². The second kappa shape index (κ2) is 5.21. The zero-order valence-corrected chi connectivity index (χ0v) is 10.8. The van der Waals surface area contributed by atoms with Crippen LogP contribution in [-0.2, 0) is 9.59 Å². The number of nitrogens with zero attached hydrogens (tertiary/aromatic N) is 2. The van der Waals surface area contributed by atoms with Gasteiger partial charge in [0.15, 0.2) is 0 Å². The van der Waals surface area contributed by atoms with Crippen molar-refractivity contribution in [3.05, 3.63) is 24.3 Å². The van der Waals surface area contributed by atoms with Gasteiger partial charge in [0.1, 0.15) is 0 Å². The van der Waals surface area contributed by atoms with Crippen LogP contribution in [0.1, 0.15) is 20.3 Å². The average Bonchev–Trinajstić information content (AvgIpc) is 2.50. The Balaban J connectivity index is 2.52. The molecule has 0 aliphatic carbocycles. The summed E-state index contributed by atoms with van der Waals surface area (Å²) in [6.07, 6.45) is 1.70. The third kappa shape index (κ3) is 2.10. The van der Waals surface area contributed by atoms with E-state index in [1.807, 2.05) is 38.1 Å². The summed E-state index contributed by atoms with van der Waals surface area (Å²) < 4.78 is 0. The minimum atomic E-state index is -0.172. The van der Waals surface area contributed by atoms with E-state index in [0.717, 1.165) is 24.2 Å². The normalized spacial score (nSPS) is 19.4. The number of carbonyl (C=O) groups excluding carboxylic acids is 2. The third-order valence-electron chi connectivity index (χ3n) is 3.21. The molecule has 4 nitrogen and oxygen atoms in total. The third-order valence-corrected chi connectivity index (χ3v) is 3.21. The Kier molecular flexibility index (Phi) is 3.65. The van der Waals surface area contributed by atoms with Gasteiger partial charge in [0, 0.05) is 13.1 Å². The number of carbonyl (C=O) groups is 2. The highest BCUT2D eigenvalue weighted by molar-refractivity contribution is 6.02. The van der Waals surface area contributed by atoms with Crippen LogP contribution in [0.5, 0.6) is 0 Å². The standard InChI is InChI=1S/C14H18N2O2/c1-3-8-16-13-7-5-4-6-12(13)15(10-17)9-11(2)14(16)18/h4-7,10-11H,3,8-9H2,1-2H3. The molecule has 2 rings (SSSR count). The Morgan fingerprint density at radius 2 is 2.00 bits per heavy atom. The van der Waals surface area contributed by atoms with Crippen LogP contribution in [0.4, 0.5) is 11.4 Å². The molecule has 0 N–H and O–H groups in total. The molecule has 1 heterocycles. The van der Waals surface area contributed by atoms with Crippen molar-refractivity contribution in [2.75, 3.05) is 22.9 Å². The number of fused-ring (bicyclic) bond motifs is 1. The van der Waals surface area contributed by atoms with Crippen molar-refractivity contribution in [3.63, 3.8) is 0 Å². The Labute approximate surface area is 107 Å². The first-order valence-corrected chi connectivity index (χ1v) is 6.31. The van der Waals surface area contributed by atoms with Crippen LogP contribution in [0.2, 0.25) is 0 Å². The van der Waals surface area contributed by atoms with Crippen molar-refractivity contribution in [1.82, 2.24) is 0 Å². The van der Waals surface area contributed by atoms with Gasteiger partial charge in [-0.05, 0) is 18.6 Å². The van der Waals surface area contributed by atoms with Gasteiger partial charge in [-0.1, -0.05) is 26.0 Å². The van der Waals surface area contributed by atoms with Gasteiger partial charge in [-0.3, -0.25) is 9.59 Å². The number of anilines is 2. The molecule has 0 bridgehead atoms. The first-order valence-electron chi connectivity index (χ1n) is 6.31. The molecule has 0 saturated heterocycles. The molecule has 0 spiro atoms. The van der Waals surface area contributed by atoms with Crippen LogP contribution < -0.4 is 9.80 Å². The molecule has 1 aliphatic heterocycles. The Bertz CT molecular complexity index is 459. The van der Waals surface area contributed by atoms with Crippen molar-refractivity contribution < 1.29 is 9.59 Å². The van der Waals surface area contributed by atoms with Crippen molar-refractivity contribution in [2.45, 2.75) is 20.3 Å². The Hall–Kier alpha value is -1.84. The first kappa shape index (κ1) is 12.6. The lowest BCUT2D eigenvalue weighted by molar-refractivity contribution is -0.121. The van der Waals surface area contributed by atoms with Gasteiger partial charge in [0.2, 0.25) is 12.3 Å². The van der Waals surface area contributed by atoms with E-state index in [1.54, 1.807) is 9.80 Å². The van der Waals surface area contributed by atoms with E-state index in [4.69, 9.17) is 0 Å². The first-order chi connectivity index (χ1) is 8.69. The molecule has 1 aromatic carbocycles. The van der Waals surface area contributed by atoms with Gasteiger partial charge >= 0.3 is 0 Å². The fourth-order valence-corrected chi connectivity index (χ4v) is 2.35. The van der Waals surface area contributed by atoms with Gasteiger partial charge < -0.3 is 9.80 Å². The summed E-state index contributed by atoms with van der Waals surface area (Å²) in [5, 5.41) is 0. The summed E-state index contributed by atoms with van der Waals surface area (Å²) in [6, 6.07) is 7.57. The summed E-state index contributed by atoms with van der Waals surface area (Å²) in [5.74, 6) is -0.0807. The fourth-order valence-electron chi connectivity index (χ4n) is 2.35. The van der Waals surface area contributed by atoms with E-state index in [0.29, 0.717) is 13.1 Å². The Morgan fingerprint density at radius 1 is 1.33 bits per heavy atom. The SMILES string of the molecule is CCCN1C(=O)C(C)CN(C=O)c2ccccc21. The molecule has 2 amide bonds. The predicted molar refractivity (Wildman–Crippen MR) is 71.7 cm³/mol. The minimum absolute atomic E-state index is 0.0913. The van der Waals surface area contributed by atoms with E-state index in [2.05, 4.69) is 0 Å². The number of rotatable bonds is 3. The van der Waals surface area contributed by atoms with Crippen molar-refractivity contribution in [1.29, 1.82) is 0 Å². The monoisotopic (exact) mass is 246 g/mol. The van der Waals surface area contributed by atoms with E-state index in [1.165, 1.54) is 0 Å². The molecular formula is C14H18N2O2. The molecule has 0 aromatic heterocycles. The number of amides is 2. The molecule has 1 aliphatic rings. The number of benzene rings is 1. The number of hydrogen-bond donors (Lipinski definition) is 0. The lowest BCUT2D eigenvalue weighted by Gasteiger charge is -2.23. The number of para-hydroxylation sites is 2. The summed E-state index contributed by atoms with van der Waals surface area (Å²) in [7, 11) is 0. The highest BCUT2D eigenvalue weighted by atomic mass is 16.2. The van der Waals surface area contributed by atoms with E-state index in [9.17, 15) is 9.59 Å². The predicted octanol–water partition coefficient (Wildman–Crippen LogP) is 2.04. The van der Waals surface area contributed by atoms with Crippen LogP contribution in [0.3, 0.4) is 0 Å². The maximum Gasteiger partial charge on any atom is 0.231 e. The van der Waals surface area contributed by atoms with Crippen LogP contribution >= 0.6 is 0 Å². The van der Waals surface area contributed by atoms with Gasteiger partial charge in [-0.25, -0.2) is 0 Å².